The maximum Gasteiger partial charge on any atom is 0.193 e. The first-order valence-corrected chi connectivity index (χ1v) is 17.2. The molecule has 3 atom stereocenters. The van der Waals surface area contributed by atoms with Crippen LogP contribution in [0.4, 0.5) is 0 Å². The molecule has 9 heteroatoms. The number of nitrogens with zero attached hydrogens (tertiary/aromatic N) is 1. The zero-order chi connectivity index (χ0) is 29.4. The molecule has 0 aromatic carbocycles. The Hall–Kier alpha value is -0.310. The summed E-state index contributed by atoms with van der Waals surface area (Å²) in [5, 5.41) is 28.5. The Morgan fingerprint density at radius 1 is 0.769 bits per heavy atom. The van der Waals surface area contributed by atoms with Gasteiger partial charge in [-0.3, -0.25) is 0 Å². The van der Waals surface area contributed by atoms with Gasteiger partial charge >= 0.3 is 0 Å². The first-order valence-electron chi connectivity index (χ1n) is 15.6. The van der Waals surface area contributed by atoms with Crippen LogP contribution in [0.1, 0.15) is 123 Å². The lowest BCUT2D eigenvalue weighted by Crippen LogP contribution is -2.51. The smallest absolute Gasteiger partial charge is 0.193 e. The molecule has 234 valence electrons. The van der Waals surface area contributed by atoms with E-state index in [0.717, 1.165) is 25.7 Å². The summed E-state index contributed by atoms with van der Waals surface area (Å²) in [6, 6.07) is 0. The molecule has 0 aromatic rings. The minimum Gasteiger partial charge on any atom is -0.774 e. The van der Waals surface area contributed by atoms with Crippen molar-refractivity contribution in [3.8, 4) is 0 Å². The lowest BCUT2D eigenvalue weighted by Gasteiger charge is -2.44. The topological polar surface area (TPSA) is 119 Å². The third kappa shape index (κ3) is 22.0. The fourth-order valence-electron chi connectivity index (χ4n) is 4.74. The average molecular weight is 580 g/mol. The highest BCUT2D eigenvalue weighted by Crippen LogP contribution is 2.48. The van der Waals surface area contributed by atoms with Crippen LogP contribution in [0.2, 0.25) is 0 Å². The van der Waals surface area contributed by atoms with Crippen LogP contribution in [0, 0.1) is 0 Å². The van der Waals surface area contributed by atoms with Crippen molar-refractivity contribution in [2.75, 3.05) is 40.5 Å². The minimum atomic E-state index is -4.30. The molecule has 0 amide bonds. The molecular formula is C30H62NO7P. The van der Waals surface area contributed by atoms with E-state index in [9.17, 15) is 24.8 Å². The van der Waals surface area contributed by atoms with Crippen LogP contribution < -0.4 is 4.89 Å². The van der Waals surface area contributed by atoms with Crippen molar-refractivity contribution in [2.45, 2.75) is 141 Å². The van der Waals surface area contributed by atoms with Crippen molar-refractivity contribution in [2.24, 2.45) is 0 Å². The van der Waals surface area contributed by atoms with E-state index in [-0.39, 0.29) is 30.7 Å². The van der Waals surface area contributed by atoms with E-state index in [4.69, 9.17) is 9.26 Å². The monoisotopic (exact) mass is 579 g/mol. The highest BCUT2D eigenvalue weighted by Gasteiger charge is 2.37. The predicted molar refractivity (Wildman–Crippen MR) is 158 cm³/mol. The summed E-state index contributed by atoms with van der Waals surface area (Å²) in [7, 11) is -0.816. The summed E-state index contributed by atoms with van der Waals surface area (Å²) in [5.41, 5.74) is 0. The van der Waals surface area contributed by atoms with Crippen LogP contribution >= 0.6 is 7.60 Å². The molecule has 0 fully saturated rings. The van der Waals surface area contributed by atoms with Gasteiger partial charge in [0.15, 0.2) is 19.7 Å². The Morgan fingerprint density at radius 2 is 1.31 bits per heavy atom. The molecule has 39 heavy (non-hydrogen) atoms. The van der Waals surface area contributed by atoms with Gasteiger partial charge in [-0.05, 0) is 38.5 Å². The largest absolute Gasteiger partial charge is 0.774 e. The molecule has 2 unspecified atom stereocenters. The van der Waals surface area contributed by atoms with E-state index in [2.05, 4.69) is 19.1 Å². The zero-order valence-corrected chi connectivity index (χ0v) is 26.5. The van der Waals surface area contributed by atoms with Crippen LogP contribution in [-0.4, -0.2) is 78.4 Å². The molecule has 0 aromatic heterocycles. The second-order valence-corrected chi connectivity index (χ2v) is 13.5. The van der Waals surface area contributed by atoms with Crippen molar-refractivity contribution in [1.82, 2.24) is 0 Å². The molecule has 0 aliphatic heterocycles. The standard InChI is InChI=1S/C30H62NO7P/c1-5-7-8-9-10-11-12-13-14-15-16-17-18-19-20-21-25-37-26-28(32)27-38-39(35,36)29(22-6-2)31(3,4)24-23-30(33)34/h16-17,28-30,32-34H,5-15,18-27H2,1-4H3/b17-16-/t28-,29?/m1/s1. The Kier molecular flexibility index (Phi) is 24.1. The lowest BCUT2D eigenvalue weighted by atomic mass is 10.1. The van der Waals surface area contributed by atoms with Crippen molar-refractivity contribution in [3.05, 3.63) is 12.2 Å². The fraction of sp³-hybridized carbons (Fsp3) is 0.933. The summed E-state index contributed by atoms with van der Waals surface area (Å²) in [5.74, 6) is -0.825. The number of allylic oxidation sites excluding steroid dienone is 2. The number of ether oxygens (including phenoxy) is 1. The maximum absolute atomic E-state index is 12.9. The van der Waals surface area contributed by atoms with Gasteiger partial charge in [-0.1, -0.05) is 83.8 Å². The van der Waals surface area contributed by atoms with E-state index in [1.54, 1.807) is 14.1 Å². The normalized spacial score (nSPS) is 15.7. The molecule has 0 spiro atoms. The van der Waals surface area contributed by atoms with Crippen molar-refractivity contribution in [3.63, 3.8) is 0 Å². The van der Waals surface area contributed by atoms with E-state index in [1.807, 2.05) is 6.92 Å². The SMILES string of the molecule is CCCCCCCCCCC/C=C\CCCCCOC[C@@H](O)COP(=O)([O-])C(CCC)[N+](C)(C)CCC(O)O. The lowest BCUT2D eigenvalue weighted by molar-refractivity contribution is -0.905. The summed E-state index contributed by atoms with van der Waals surface area (Å²) >= 11 is 0. The van der Waals surface area contributed by atoms with Gasteiger partial charge in [0.1, 0.15) is 6.10 Å². The fourth-order valence-corrected chi connectivity index (χ4v) is 6.75. The minimum absolute atomic E-state index is 0.0338. The van der Waals surface area contributed by atoms with Crippen LogP contribution in [0.15, 0.2) is 12.2 Å². The molecule has 0 saturated carbocycles. The van der Waals surface area contributed by atoms with E-state index in [1.165, 1.54) is 64.2 Å². The number of aliphatic hydroxyl groups is 3. The first kappa shape index (κ1) is 38.7. The molecule has 0 saturated heterocycles. The second kappa shape index (κ2) is 24.3. The average Bonchev–Trinajstić information content (AvgIpc) is 2.88. The first-order chi connectivity index (χ1) is 18.6. The number of unbranched alkanes of at least 4 members (excludes halogenated alkanes) is 12. The molecule has 0 aliphatic carbocycles. The molecule has 8 nitrogen and oxygen atoms in total. The third-order valence-corrected chi connectivity index (χ3v) is 9.36. The highest BCUT2D eigenvalue weighted by atomic mass is 31.2. The third-order valence-electron chi connectivity index (χ3n) is 7.24. The molecule has 3 N–H and O–H groups in total. The van der Waals surface area contributed by atoms with Crippen molar-refractivity contribution in [1.29, 1.82) is 0 Å². The number of hydrogen-bond acceptors (Lipinski definition) is 7. The number of quaternary nitrogens is 1. The zero-order valence-electron chi connectivity index (χ0n) is 25.6. The quantitative estimate of drug-likeness (QED) is 0.0348. The summed E-state index contributed by atoms with van der Waals surface area (Å²) in [6.07, 6.45) is 20.8. The predicted octanol–water partition coefficient (Wildman–Crippen LogP) is 5.87. The second-order valence-electron chi connectivity index (χ2n) is 11.5. The molecular weight excluding hydrogens is 517 g/mol. The van der Waals surface area contributed by atoms with Gasteiger partial charge in [-0.25, -0.2) is 0 Å². The molecule has 0 heterocycles. The molecule has 0 radical (unpaired) electrons. The Bertz CT molecular complexity index is 630. The van der Waals surface area contributed by atoms with Gasteiger partial charge in [-0.15, -0.1) is 0 Å². The van der Waals surface area contributed by atoms with Crippen LogP contribution in [0.25, 0.3) is 0 Å². The van der Waals surface area contributed by atoms with E-state index >= 15 is 0 Å². The summed E-state index contributed by atoms with van der Waals surface area (Å²) in [4.78, 5) is 12.9. The molecule has 0 aliphatic rings. The van der Waals surface area contributed by atoms with Crippen molar-refractivity contribution < 1.29 is 38.5 Å². The highest BCUT2D eigenvalue weighted by molar-refractivity contribution is 7.51. The Balaban J connectivity index is 3.89. The summed E-state index contributed by atoms with van der Waals surface area (Å²) in [6.45, 7) is 4.65. The molecule has 0 rings (SSSR count). The number of aliphatic hydroxyl groups excluding tert-OH is 2. The van der Waals surface area contributed by atoms with Crippen LogP contribution in [0.3, 0.4) is 0 Å². The van der Waals surface area contributed by atoms with E-state index in [0.29, 0.717) is 19.4 Å². The van der Waals surface area contributed by atoms with Gasteiger partial charge < -0.3 is 38.5 Å². The van der Waals surface area contributed by atoms with Gasteiger partial charge in [0.25, 0.3) is 0 Å². The van der Waals surface area contributed by atoms with E-state index < -0.39 is 25.8 Å². The van der Waals surface area contributed by atoms with Gasteiger partial charge in [0.2, 0.25) is 0 Å². The van der Waals surface area contributed by atoms with Crippen LogP contribution in [-0.2, 0) is 13.8 Å². The van der Waals surface area contributed by atoms with Crippen LogP contribution in [0.5, 0.6) is 0 Å². The maximum atomic E-state index is 12.9. The Labute approximate surface area is 239 Å². The van der Waals surface area contributed by atoms with Gasteiger partial charge in [0.05, 0.1) is 33.9 Å². The van der Waals surface area contributed by atoms with Gasteiger partial charge in [0, 0.05) is 19.4 Å². The Morgan fingerprint density at radius 3 is 1.85 bits per heavy atom. The molecule has 0 bridgehead atoms. The van der Waals surface area contributed by atoms with Crippen molar-refractivity contribution >= 4 is 7.60 Å². The van der Waals surface area contributed by atoms with Gasteiger partial charge in [-0.2, -0.15) is 0 Å². The summed E-state index contributed by atoms with van der Waals surface area (Å²) < 4.78 is 23.7. The number of hydrogen-bond donors (Lipinski definition) is 3. The number of rotatable bonds is 28.